The molecular weight excluding hydrogens is 270 g/mol. The molecule has 0 heterocycles. The maximum Gasteiger partial charge on any atom is 0.133 e. The molecule has 16 heavy (non-hydrogen) atoms. The van der Waals surface area contributed by atoms with E-state index in [1.807, 2.05) is 18.2 Å². The molecule has 0 saturated carbocycles. The summed E-state index contributed by atoms with van der Waals surface area (Å²) in [6.45, 7) is 2.00. The highest BCUT2D eigenvalue weighted by atomic mass is 79.9. The lowest BCUT2D eigenvalue weighted by atomic mass is 10.2. The molecule has 0 aromatic heterocycles. The van der Waals surface area contributed by atoms with Crippen LogP contribution < -0.4 is 21.5 Å². The molecule has 0 bridgehead atoms. The van der Waals surface area contributed by atoms with Crippen LogP contribution in [0.25, 0.3) is 0 Å². The molecule has 4 nitrogen and oxygen atoms in total. The van der Waals surface area contributed by atoms with Crippen LogP contribution in [-0.4, -0.2) is 26.2 Å². The standard InChI is InChI=1S/C11H18BrN3O/c1-16-11-3-2-8(4-10(11)12)6-15-7-9(14)5-13/h2-4,9,15H,5-7,13-14H2,1H3. The largest absolute Gasteiger partial charge is 0.496 e. The van der Waals surface area contributed by atoms with Gasteiger partial charge in [0, 0.05) is 25.7 Å². The molecule has 1 atom stereocenters. The van der Waals surface area contributed by atoms with Crippen LogP contribution in [0.3, 0.4) is 0 Å². The van der Waals surface area contributed by atoms with E-state index < -0.39 is 0 Å². The van der Waals surface area contributed by atoms with Gasteiger partial charge in [-0.1, -0.05) is 6.07 Å². The average Bonchev–Trinajstić information content (AvgIpc) is 2.29. The first kappa shape index (κ1) is 13.4. The van der Waals surface area contributed by atoms with E-state index in [2.05, 4.69) is 21.2 Å². The SMILES string of the molecule is COc1ccc(CNCC(N)CN)cc1Br. The molecule has 0 radical (unpaired) electrons. The Kier molecular flexibility index (Phi) is 5.76. The van der Waals surface area contributed by atoms with Gasteiger partial charge in [0.1, 0.15) is 5.75 Å². The lowest BCUT2D eigenvalue weighted by molar-refractivity contribution is 0.412. The maximum atomic E-state index is 5.70. The molecule has 0 saturated heterocycles. The van der Waals surface area contributed by atoms with Gasteiger partial charge in [-0.05, 0) is 33.6 Å². The van der Waals surface area contributed by atoms with E-state index in [9.17, 15) is 0 Å². The molecule has 1 rings (SSSR count). The zero-order chi connectivity index (χ0) is 12.0. The first-order chi connectivity index (χ1) is 7.67. The highest BCUT2D eigenvalue weighted by molar-refractivity contribution is 9.10. The molecule has 0 spiro atoms. The van der Waals surface area contributed by atoms with Gasteiger partial charge in [0.25, 0.3) is 0 Å². The predicted octanol–water partition coefficient (Wildman–Crippen LogP) is 0.833. The second-order valence-electron chi connectivity index (χ2n) is 3.60. The number of hydrogen-bond acceptors (Lipinski definition) is 4. The Balaban J connectivity index is 2.46. The van der Waals surface area contributed by atoms with Gasteiger partial charge < -0.3 is 21.5 Å². The topological polar surface area (TPSA) is 73.3 Å². The molecule has 0 fully saturated rings. The van der Waals surface area contributed by atoms with Gasteiger partial charge >= 0.3 is 0 Å². The number of nitrogens with one attached hydrogen (secondary N) is 1. The van der Waals surface area contributed by atoms with E-state index >= 15 is 0 Å². The average molecular weight is 288 g/mol. The van der Waals surface area contributed by atoms with Crippen LogP contribution in [0.5, 0.6) is 5.75 Å². The zero-order valence-corrected chi connectivity index (χ0v) is 11.0. The number of nitrogens with two attached hydrogens (primary N) is 2. The minimum atomic E-state index is 0.0155. The first-order valence-electron chi connectivity index (χ1n) is 5.16. The van der Waals surface area contributed by atoms with E-state index in [1.54, 1.807) is 7.11 Å². The molecule has 1 aromatic rings. The number of ether oxygens (including phenoxy) is 1. The van der Waals surface area contributed by atoms with Gasteiger partial charge in [-0.3, -0.25) is 0 Å². The quantitative estimate of drug-likeness (QED) is 0.725. The van der Waals surface area contributed by atoms with Crippen LogP contribution in [0.4, 0.5) is 0 Å². The number of rotatable bonds is 6. The van der Waals surface area contributed by atoms with E-state index in [4.69, 9.17) is 16.2 Å². The van der Waals surface area contributed by atoms with Crippen molar-refractivity contribution in [1.29, 1.82) is 0 Å². The number of hydrogen-bond donors (Lipinski definition) is 3. The van der Waals surface area contributed by atoms with E-state index in [0.29, 0.717) is 6.54 Å². The van der Waals surface area contributed by atoms with Crippen molar-refractivity contribution in [3.8, 4) is 5.75 Å². The van der Waals surface area contributed by atoms with E-state index in [1.165, 1.54) is 5.56 Å². The molecular formula is C11H18BrN3O. The Morgan fingerprint density at radius 3 is 2.81 bits per heavy atom. The predicted molar refractivity (Wildman–Crippen MR) is 69.4 cm³/mol. The van der Waals surface area contributed by atoms with Crippen LogP contribution in [0.15, 0.2) is 22.7 Å². The highest BCUT2D eigenvalue weighted by Gasteiger charge is 2.02. The Bertz CT molecular complexity index is 333. The second-order valence-corrected chi connectivity index (χ2v) is 4.45. The summed E-state index contributed by atoms with van der Waals surface area (Å²) in [5.41, 5.74) is 12.3. The van der Waals surface area contributed by atoms with Gasteiger partial charge in [0.05, 0.1) is 11.6 Å². The van der Waals surface area contributed by atoms with Crippen molar-refractivity contribution >= 4 is 15.9 Å². The number of benzene rings is 1. The fraction of sp³-hybridized carbons (Fsp3) is 0.455. The molecule has 0 aliphatic heterocycles. The summed E-state index contributed by atoms with van der Waals surface area (Å²) in [5, 5.41) is 3.25. The smallest absolute Gasteiger partial charge is 0.133 e. The van der Waals surface area contributed by atoms with Crippen molar-refractivity contribution in [3.63, 3.8) is 0 Å². The normalized spacial score (nSPS) is 12.5. The first-order valence-corrected chi connectivity index (χ1v) is 5.95. The molecule has 0 amide bonds. The molecule has 1 unspecified atom stereocenters. The monoisotopic (exact) mass is 287 g/mol. The summed E-state index contributed by atoms with van der Waals surface area (Å²) in [6.07, 6.45) is 0. The third kappa shape index (κ3) is 4.09. The fourth-order valence-electron chi connectivity index (χ4n) is 1.31. The minimum absolute atomic E-state index is 0.0155. The van der Waals surface area contributed by atoms with Crippen LogP contribution >= 0.6 is 15.9 Å². The molecule has 5 heteroatoms. The highest BCUT2D eigenvalue weighted by Crippen LogP contribution is 2.25. The van der Waals surface area contributed by atoms with Gasteiger partial charge in [-0.25, -0.2) is 0 Å². The van der Waals surface area contributed by atoms with Crippen molar-refractivity contribution in [3.05, 3.63) is 28.2 Å². The van der Waals surface area contributed by atoms with Crippen LogP contribution in [0.2, 0.25) is 0 Å². The Labute approximate surface area is 104 Å². The fourth-order valence-corrected chi connectivity index (χ4v) is 1.89. The van der Waals surface area contributed by atoms with E-state index in [0.717, 1.165) is 23.3 Å². The third-order valence-corrected chi connectivity index (χ3v) is 2.87. The molecule has 0 aliphatic carbocycles. The van der Waals surface area contributed by atoms with E-state index in [-0.39, 0.29) is 6.04 Å². The molecule has 5 N–H and O–H groups in total. The summed E-state index contributed by atoms with van der Waals surface area (Å²) in [4.78, 5) is 0. The molecule has 90 valence electrons. The van der Waals surface area contributed by atoms with Gasteiger partial charge in [-0.15, -0.1) is 0 Å². The van der Waals surface area contributed by atoms with Gasteiger partial charge in [0.2, 0.25) is 0 Å². The molecule has 0 aliphatic rings. The molecule has 1 aromatic carbocycles. The lowest BCUT2D eigenvalue weighted by Crippen LogP contribution is -2.39. The maximum absolute atomic E-state index is 5.70. The number of methoxy groups -OCH3 is 1. The van der Waals surface area contributed by atoms with Crippen molar-refractivity contribution in [2.45, 2.75) is 12.6 Å². The van der Waals surface area contributed by atoms with Crippen LogP contribution in [-0.2, 0) is 6.54 Å². The Hall–Kier alpha value is -0.620. The second kappa shape index (κ2) is 6.85. The summed E-state index contributed by atoms with van der Waals surface area (Å²) in [7, 11) is 1.65. The zero-order valence-electron chi connectivity index (χ0n) is 9.37. The van der Waals surface area contributed by atoms with Gasteiger partial charge in [0.15, 0.2) is 0 Å². The van der Waals surface area contributed by atoms with Crippen LogP contribution in [0.1, 0.15) is 5.56 Å². The Morgan fingerprint density at radius 2 is 2.25 bits per heavy atom. The summed E-state index contributed by atoms with van der Waals surface area (Å²) in [5.74, 6) is 0.836. The van der Waals surface area contributed by atoms with Crippen molar-refractivity contribution in [2.75, 3.05) is 20.2 Å². The third-order valence-electron chi connectivity index (χ3n) is 2.25. The summed E-state index contributed by atoms with van der Waals surface area (Å²) in [6, 6.07) is 6.00. The summed E-state index contributed by atoms with van der Waals surface area (Å²) < 4.78 is 6.11. The Morgan fingerprint density at radius 1 is 1.50 bits per heavy atom. The number of halogens is 1. The van der Waals surface area contributed by atoms with Crippen molar-refractivity contribution in [1.82, 2.24) is 5.32 Å². The van der Waals surface area contributed by atoms with Crippen LogP contribution in [0, 0.1) is 0 Å². The minimum Gasteiger partial charge on any atom is -0.496 e. The summed E-state index contributed by atoms with van der Waals surface area (Å²) >= 11 is 3.44. The van der Waals surface area contributed by atoms with Crippen molar-refractivity contribution < 1.29 is 4.74 Å². The van der Waals surface area contributed by atoms with Gasteiger partial charge in [-0.2, -0.15) is 0 Å². The van der Waals surface area contributed by atoms with Crippen molar-refractivity contribution in [2.24, 2.45) is 11.5 Å². The lowest BCUT2D eigenvalue weighted by Gasteiger charge is -2.11.